The first kappa shape index (κ1) is 28.8. The maximum absolute atomic E-state index is 13.1. The minimum absolute atomic E-state index is 0. The van der Waals surface area contributed by atoms with Crippen molar-refractivity contribution >= 4 is 19.4 Å². The molecule has 0 aliphatic heterocycles. The Kier molecular flexibility index (Phi) is 14.7. The van der Waals surface area contributed by atoms with Gasteiger partial charge in [0.05, 0.1) is 13.2 Å². The number of carbonyl (C=O) groups excluding carboxylic acids is 1. The van der Waals surface area contributed by atoms with E-state index in [9.17, 15) is 4.79 Å². The predicted octanol–water partition coefficient (Wildman–Crippen LogP) is 4.37. The number of ether oxygens (including phenoxy) is 2. The molecule has 2 aromatic carbocycles. The second kappa shape index (κ2) is 16.4. The van der Waals surface area contributed by atoms with Gasteiger partial charge in [-0.1, -0.05) is 70.6 Å². The first-order chi connectivity index (χ1) is 15.1. The zero-order valence-electron chi connectivity index (χ0n) is 20.8. The summed E-state index contributed by atoms with van der Waals surface area (Å²) in [5.74, 6) is 1.62. The molecule has 0 N–H and O–H groups in total. The smallest absolute Gasteiger partial charge is 0.493 e. The second-order valence-corrected chi connectivity index (χ2v) is 9.44. The summed E-state index contributed by atoms with van der Waals surface area (Å²) in [7, 11) is 0.0387. The number of hydrogen-bond acceptors (Lipinski definition) is 3. The topological polar surface area (TPSA) is 35.5 Å². The van der Waals surface area contributed by atoms with Gasteiger partial charge < -0.3 is 9.47 Å². The van der Waals surface area contributed by atoms with Crippen molar-refractivity contribution in [1.82, 2.24) is 0 Å². The van der Waals surface area contributed by atoms with Crippen LogP contribution in [-0.2, 0) is 0 Å². The van der Waals surface area contributed by atoms with Gasteiger partial charge in [-0.3, -0.25) is 4.79 Å². The van der Waals surface area contributed by atoms with Crippen molar-refractivity contribution in [2.45, 2.75) is 79.1 Å². The van der Waals surface area contributed by atoms with E-state index >= 15 is 0 Å². The van der Waals surface area contributed by atoms with Crippen molar-refractivity contribution in [3.05, 3.63) is 53.1 Å². The normalized spacial score (nSPS) is 10.9. The largest absolute Gasteiger partial charge is 1.00 e. The molecule has 0 saturated heterocycles. The van der Waals surface area contributed by atoms with E-state index in [2.05, 4.69) is 13.8 Å². The summed E-state index contributed by atoms with van der Waals surface area (Å²) in [6.07, 6.45) is 9.36. The zero-order valence-corrected chi connectivity index (χ0v) is 21.8. The third kappa shape index (κ3) is 9.70. The quantitative estimate of drug-likeness (QED) is 0.230. The minimum Gasteiger partial charge on any atom is -0.493 e. The summed E-state index contributed by atoms with van der Waals surface area (Å²) in [5.41, 5.74) is 3.07. The van der Waals surface area contributed by atoms with Gasteiger partial charge >= 0.3 is 18.9 Å². The molecule has 0 heterocycles. The molecule has 0 aliphatic carbocycles. The van der Waals surface area contributed by atoms with Crippen LogP contribution in [-0.4, -0.2) is 18.7 Å². The molecular formula is C27H39LiO3P+. The van der Waals surface area contributed by atoms with E-state index in [-0.39, 0.29) is 33.0 Å². The maximum atomic E-state index is 13.1. The number of hydrogen-bond donors (Lipinski definition) is 0. The first-order valence-electron chi connectivity index (χ1n) is 11.8. The Morgan fingerprint density at radius 2 is 1.41 bits per heavy atom. The van der Waals surface area contributed by atoms with E-state index in [0.717, 1.165) is 52.9 Å². The summed E-state index contributed by atoms with van der Waals surface area (Å²) in [6, 6.07) is 12.0. The van der Waals surface area contributed by atoms with Gasteiger partial charge in [0, 0.05) is 16.9 Å². The number of unbranched alkanes of at least 4 members (excludes halogenated alkanes) is 6. The molecule has 3 nitrogen and oxygen atoms in total. The molecule has 0 fully saturated rings. The van der Waals surface area contributed by atoms with Gasteiger partial charge in [0.1, 0.15) is 11.5 Å². The molecule has 1 unspecified atom stereocenters. The maximum Gasteiger partial charge on any atom is 1.00 e. The van der Waals surface area contributed by atoms with Gasteiger partial charge in [-0.25, -0.2) is 0 Å². The number of carbonyl (C=O) groups is 1. The Morgan fingerprint density at radius 1 is 0.812 bits per heavy atom. The van der Waals surface area contributed by atoms with Crippen LogP contribution in [0.15, 0.2) is 36.4 Å². The standard InChI is InChI=1S/C27H39O3P.Li/c1-5-7-9-11-18-29-23-16-17-25(24(20-23)30-19-12-10-8-6-2)31-27(28)26-21(3)14-13-15-22(26)4;/h13-17,20,31H,5-12,18-19H2,1-4H3;/q;+1. The molecule has 2 aromatic rings. The molecule has 170 valence electrons. The van der Waals surface area contributed by atoms with Crippen LogP contribution in [0.4, 0.5) is 0 Å². The minimum atomic E-state index is 0. The van der Waals surface area contributed by atoms with Crippen LogP contribution in [0.25, 0.3) is 0 Å². The summed E-state index contributed by atoms with van der Waals surface area (Å²) >= 11 is 0. The van der Waals surface area contributed by atoms with Gasteiger partial charge in [0.15, 0.2) is 5.52 Å². The number of benzene rings is 2. The van der Waals surface area contributed by atoms with E-state index < -0.39 is 0 Å². The number of rotatable bonds is 15. The fourth-order valence-corrected chi connectivity index (χ4v) is 4.80. The molecule has 0 aliphatic rings. The van der Waals surface area contributed by atoms with Crippen molar-refractivity contribution in [2.24, 2.45) is 0 Å². The van der Waals surface area contributed by atoms with Crippen LogP contribution < -0.4 is 33.6 Å². The Hall–Kier alpha value is -1.26. The molecule has 0 saturated carbocycles. The van der Waals surface area contributed by atoms with Crippen molar-refractivity contribution in [2.75, 3.05) is 13.2 Å². The fraction of sp³-hybridized carbons (Fsp3) is 0.519. The summed E-state index contributed by atoms with van der Waals surface area (Å²) in [4.78, 5) is 13.1. The van der Waals surface area contributed by atoms with Crippen LogP contribution in [0.2, 0.25) is 0 Å². The summed E-state index contributed by atoms with van der Waals surface area (Å²) in [5, 5.41) is 0.960. The van der Waals surface area contributed by atoms with Crippen molar-refractivity contribution in [1.29, 1.82) is 0 Å². The Labute approximate surface area is 209 Å². The van der Waals surface area contributed by atoms with Gasteiger partial charge in [0.25, 0.3) is 0 Å². The van der Waals surface area contributed by atoms with Crippen LogP contribution in [0.1, 0.15) is 86.7 Å². The first-order valence-corrected chi connectivity index (χ1v) is 12.8. The summed E-state index contributed by atoms with van der Waals surface area (Å²) < 4.78 is 12.1. The van der Waals surface area contributed by atoms with E-state index in [1.54, 1.807) is 0 Å². The zero-order chi connectivity index (χ0) is 22.5. The third-order valence-corrected chi connectivity index (χ3v) is 6.59. The van der Waals surface area contributed by atoms with Crippen molar-refractivity contribution in [3.8, 4) is 11.5 Å². The fourth-order valence-electron chi connectivity index (χ4n) is 3.60. The monoisotopic (exact) mass is 449 g/mol. The van der Waals surface area contributed by atoms with Gasteiger partial charge in [-0.2, -0.15) is 0 Å². The van der Waals surface area contributed by atoms with Crippen molar-refractivity contribution < 1.29 is 33.1 Å². The molecule has 0 spiro atoms. The summed E-state index contributed by atoms with van der Waals surface area (Å²) in [6.45, 7) is 9.83. The van der Waals surface area contributed by atoms with Crippen LogP contribution in [0, 0.1) is 13.8 Å². The average Bonchev–Trinajstić information content (AvgIpc) is 2.75. The van der Waals surface area contributed by atoms with E-state index in [0.29, 0.717) is 6.61 Å². The third-order valence-electron chi connectivity index (χ3n) is 5.43. The molecule has 1 atom stereocenters. The molecule has 0 radical (unpaired) electrons. The number of aryl methyl sites for hydroxylation is 2. The van der Waals surface area contributed by atoms with E-state index in [4.69, 9.17) is 9.47 Å². The van der Waals surface area contributed by atoms with Gasteiger partial charge in [-0.15, -0.1) is 0 Å². The molecule has 0 bridgehead atoms. The Morgan fingerprint density at radius 3 is 2.00 bits per heavy atom. The van der Waals surface area contributed by atoms with Crippen LogP contribution in [0.5, 0.6) is 11.5 Å². The Balaban J connectivity index is 0.00000512. The predicted molar refractivity (Wildman–Crippen MR) is 134 cm³/mol. The Bertz CT molecular complexity index is 802. The second-order valence-electron chi connectivity index (χ2n) is 8.20. The van der Waals surface area contributed by atoms with E-state index in [1.807, 2.05) is 50.2 Å². The van der Waals surface area contributed by atoms with Crippen molar-refractivity contribution in [3.63, 3.8) is 0 Å². The van der Waals surface area contributed by atoms with E-state index in [1.165, 1.54) is 38.5 Å². The molecule has 5 heteroatoms. The molecule has 0 amide bonds. The molecule has 0 aromatic heterocycles. The van der Waals surface area contributed by atoms with Crippen LogP contribution >= 0.6 is 8.58 Å². The SMILES string of the molecule is CCCCCCOc1ccc(PC(=O)c2c(C)cccc2C)c(OCCCCCC)c1.[Li+]. The van der Waals surface area contributed by atoms with Gasteiger partial charge in [0.2, 0.25) is 0 Å². The molecule has 32 heavy (non-hydrogen) atoms. The van der Waals surface area contributed by atoms with Gasteiger partial charge in [-0.05, 0) is 58.5 Å². The average molecular weight is 450 g/mol. The van der Waals surface area contributed by atoms with Crippen LogP contribution in [0.3, 0.4) is 0 Å². The molecular weight excluding hydrogens is 410 g/mol. The molecule has 2 rings (SSSR count).